The summed E-state index contributed by atoms with van der Waals surface area (Å²) in [4.78, 5) is 27.8. The minimum absolute atomic E-state index is 0.244. The Kier molecular flexibility index (Phi) is 6.16. The van der Waals surface area contributed by atoms with Crippen LogP contribution in [0.1, 0.15) is 17.3 Å². The second-order valence-electron chi connectivity index (χ2n) is 4.77. The molecule has 0 atom stereocenters. The van der Waals surface area contributed by atoms with Gasteiger partial charge in [-0.15, -0.1) is 0 Å². The summed E-state index contributed by atoms with van der Waals surface area (Å²) in [6, 6.07) is 7.97. The number of benzene rings is 1. The van der Waals surface area contributed by atoms with E-state index in [2.05, 4.69) is 15.6 Å². The van der Waals surface area contributed by atoms with E-state index in [1.165, 1.54) is 20.4 Å². The highest BCUT2D eigenvalue weighted by molar-refractivity contribution is 6.06. The predicted octanol–water partition coefficient (Wildman–Crippen LogP) is 2.92. The molecule has 0 fully saturated rings. The Morgan fingerprint density at radius 1 is 1.04 bits per heavy atom. The van der Waals surface area contributed by atoms with Crippen molar-refractivity contribution in [1.82, 2.24) is 4.98 Å². The average molecular weight is 345 g/mol. The van der Waals surface area contributed by atoms with Gasteiger partial charge in [0.05, 0.1) is 20.8 Å². The van der Waals surface area contributed by atoms with Crippen molar-refractivity contribution in [1.29, 1.82) is 0 Å². The van der Waals surface area contributed by atoms with Crippen LogP contribution < -0.4 is 20.1 Å². The zero-order chi connectivity index (χ0) is 18.2. The van der Waals surface area contributed by atoms with Gasteiger partial charge in [-0.05, 0) is 31.2 Å². The smallest absolute Gasteiger partial charge is 0.411 e. The minimum Gasteiger partial charge on any atom is -0.494 e. The van der Waals surface area contributed by atoms with Crippen molar-refractivity contribution >= 4 is 23.4 Å². The van der Waals surface area contributed by atoms with Crippen LogP contribution in [0.3, 0.4) is 0 Å². The van der Waals surface area contributed by atoms with Gasteiger partial charge in [-0.3, -0.25) is 10.1 Å². The summed E-state index contributed by atoms with van der Waals surface area (Å²) in [7, 11) is 2.94. The fraction of sp³-hybridized carbons (Fsp3) is 0.235. The number of aromatic nitrogens is 1. The molecule has 0 aliphatic heterocycles. The molecular formula is C17H19N3O5. The number of pyridine rings is 1. The molecule has 0 unspecified atom stereocenters. The first-order valence-corrected chi connectivity index (χ1v) is 7.51. The van der Waals surface area contributed by atoms with Crippen LogP contribution >= 0.6 is 0 Å². The molecule has 1 aromatic heterocycles. The summed E-state index contributed by atoms with van der Waals surface area (Å²) in [5.74, 6) is 0.307. The normalized spacial score (nSPS) is 9.88. The number of methoxy groups -OCH3 is 2. The fourth-order valence-corrected chi connectivity index (χ4v) is 2.04. The van der Waals surface area contributed by atoms with E-state index in [1.807, 2.05) is 0 Å². The van der Waals surface area contributed by atoms with Crippen molar-refractivity contribution in [3.63, 3.8) is 0 Å². The maximum atomic E-state index is 12.4. The quantitative estimate of drug-likeness (QED) is 0.835. The largest absolute Gasteiger partial charge is 0.494 e. The minimum atomic E-state index is -0.551. The van der Waals surface area contributed by atoms with Crippen molar-refractivity contribution in [3.8, 4) is 11.6 Å². The lowest BCUT2D eigenvalue weighted by atomic mass is 10.2. The first-order chi connectivity index (χ1) is 12.1. The third kappa shape index (κ3) is 4.60. The maximum Gasteiger partial charge on any atom is 0.411 e. The number of carbonyl (C=O) groups excluding carboxylic acids is 2. The van der Waals surface area contributed by atoms with Gasteiger partial charge in [0.1, 0.15) is 11.4 Å². The van der Waals surface area contributed by atoms with Crippen LogP contribution in [0.25, 0.3) is 0 Å². The van der Waals surface area contributed by atoms with Gasteiger partial charge in [0.15, 0.2) is 0 Å². The molecule has 0 saturated carbocycles. The molecule has 1 aromatic carbocycles. The number of anilines is 2. The fourth-order valence-electron chi connectivity index (χ4n) is 2.04. The lowest BCUT2D eigenvalue weighted by Gasteiger charge is -2.13. The summed E-state index contributed by atoms with van der Waals surface area (Å²) in [6.45, 7) is 2.00. The molecule has 8 nitrogen and oxygen atoms in total. The number of rotatable bonds is 6. The van der Waals surface area contributed by atoms with Crippen molar-refractivity contribution in [2.75, 3.05) is 31.5 Å². The Morgan fingerprint density at radius 3 is 2.36 bits per heavy atom. The van der Waals surface area contributed by atoms with Gasteiger partial charge in [0.2, 0.25) is 5.88 Å². The second kappa shape index (κ2) is 8.53. The molecule has 0 spiro atoms. The van der Waals surface area contributed by atoms with Crippen LogP contribution in [0.15, 0.2) is 36.5 Å². The van der Waals surface area contributed by atoms with Crippen LogP contribution in [0.4, 0.5) is 16.2 Å². The molecule has 0 saturated heterocycles. The molecule has 25 heavy (non-hydrogen) atoms. The van der Waals surface area contributed by atoms with E-state index in [1.54, 1.807) is 37.3 Å². The Hall–Kier alpha value is -3.29. The van der Waals surface area contributed by atoms with E-state index < -0.39 is 6.09 Å². The van der Waals surface area contributed by atoms with Crippen molar-refractivity contribution < 1.29 is 23.8 Å². The topological polar surface area (TPSA) is 98.8 Å². The van der Waals surface area contributed by atoms with Crippen molar-refractivity contribution in [2.45, 2.75) is 6.92 Å². The second-order valence-corrected chi connectivity index (χ2v) is 4.77. The van der Waals surface area contributed by atoms with E-state index >= 15 is 0 Å². The van der Waals surface area contributed by atoms with Crippen LogP contribution in [0.2, 0.25) is 0 Å². The van der Waals surface area contributed by atoms with Crippen LogP contribution in [0, 0.1) is 0 Å². The first kappa shape index (κ1) is 18.1. The number of amides is 2. The Labute approximate surface area is 145 Å². The molecule has 2 rings (SSSR count). The third-order valence-electron chi connectivity index (χ3n) is 3.20. The highest BCUT2D eigenvalue weighted by atomic mass is 16.5. The van der Waals surface area contributed by atoms with Gasteiger partial charge in [-0.25, -0.2) is 9.78 Å². The molecule has 0 radical (unpaired) electrons. The van der Waals surface area contributed by atoms with Gasteiger partial charge >= 0.3 is 6.09 Å². The van der Waals surface area contributed by atoms with Crippen LogP contribution in [0.5, 0.6) is 11.6 Å². The van der Waals surface area contributed by atoms with Crippen molar-refractivity contribution in [2.24, 2.45) is 0 Å². The van der Waals surface area contributed by atoms with Crippen LogP contribution in [-0.2, 0) is 4.74 Å². The molecule has 8 heteroatoms. The molecule has 132 valence electrons. The zero-order valence-electron chi connectivity index (χ0n) is 14.2. The zero-order valence-corrected chi connectivity index (χ0v) is 14.2. The Bertz CT molecular complexity index is 724. The Balaban J connectivity index is 2.13. The monoisotopic (exact) mass is 345 g/mol. The van der Waals surface area contributed by atoms with Gasteiger partial charge in [0.25, 0.3) is 5.91 Å². The standard InChI is InChI=1S/C17H19N3O5/c1-4-25-17(22)19-12-7-5-11(6-8-12)15(21)20-14-13(23-2)9-10-18-16(14)24-3/h5-10H,4H2,1-3H3,(H,19,22)(H,20,21). The summed E-state index contributed by atoms with van der Waals surface area (Å²) < 4.78 is 15.1. The SMILES string of the molecule is CCOC(=O)Nc1ccc(C(=O)Nc2c(OC)ccnc2OC)cc1. The van der Waals surface area contributed by atoms with Gasteiger partial charge < -0.3 is 19.5 Å². The number of hydrogen-bond donors (Lipinski definition) is 2. The number of nitrogens with zero attached hydrogens (tertiary/aromatic N) is 1. The van der Waals surface area contributed by atoms with E-state index in [0.29, 0.717) is 22.7 Å². The number of ether oxygens (including phenoxy) is 3. The summed E-state index contributed by atoms with van der Waals surface area (Å²) in [5, 5.41) is 5.27. The van der Waals surface area contributed by atoms with Crippen molar-refractivity contribution in [3.05, 3.63) is 42.1 Å². The molecular weight excluding hydrogens is 326 g/mol. The number of hydrogen-bond acceptors (Lipinski definition) is 6. The first-order valence-electron chi connectivity index (χ1n) is 7.51. The molecule has 2 amide bonds. The molecule has 0 aliphatic rings. The molecule has 0 aliphatic carbocycles. The maximum absolute atomic E-state index is 12.4. The lowest BCUT2D eigenvalue weighted by molar-refractivity contribution is 0.102. The molecule has 0 bridgehead atoms. The number of nitrogens with one attached hydrogen (secondary N) is 2. The summed E-state index contributed by atoms with van der Waals surface area (Å²) >= 11 is 0. The number of carbonyl (C=O) groups is 2. The third-order valence-corrected chi connectivity index (χ3v) is 3.20. The van der Waals surface area contributed by atoms with Gasteiger partial charge in [0, 0.05) is 23.5 Å². The van der Waals surface area contributed by atoms with Crippen LogP contribution in [-0.4, -0.2) is 37.8 Å². The van der Waals surface area contributed by atoms with E-state index in [9.17, 15) is 9.59 Å². The van der Waals surface area contributed by atoms with Gasteiger partial charge in [-0.1, -0.05) is 0 Å². The highest BCUT2D eigenvalue weighted by Gasteiger charge is 2.15. The summed E-state index contributed by atoms with van der Waals surface area (Å²) in [6.07, 6.45) is 0.966. The predicted molar refractivity (Wildman–Crippen MR) is 92.4 cm³/mol. The van der Waals surface area contributed by atoms with E-state index in [4.69, 9.17) is 14.2 Å². The molecule has 2 N–H and O–H groups in total. The van der Waals surface area contributed by atoms with E-state index in [-0.39, 0.29) is 18.4 Å². The Morgan fingerprint density at radius 2 is 1.76 bits per heavy atom. The highest BCUT2D eigenvalue weighted by Crippen LogP contribution is 2.32. The molecule has 2 aromatic rings. The van der Waals surface area contributed by atoms with Gasteiger partial charge in [-0.2, -0.15) is 0 Å². The average Bonchev–Trinajstić information content (AvgIpc) is 2.62. The summed E-state index contributed by atoms with van der Waals surface area (Å²) in [5.41, 5.74) is 1.25. The lowest BCUT2D eigenvalue weighted by Crippen LogP contribution is -2.15. The van der Waals surface area contributed by atoms with E-state index in [0.717, 1.165) is 0 Å². The molecule has 1 heterocycles.